The lowest BCUT2D eigenvalue weighted by molar-refractivity contribution is -0.125. The number of anilines is 1. The molecule has 0 aliphatic carbocycles. The van der Waals surface area contributed by atoms with E-state index in [1.165, 1.54) is 0 Å². The molecule has 0 radical (unpaired) electrons. The summed E-state index contributed by atoms with van der Waals surface area (Å²) in [6, 6.07) is 11.8. The number of benzene rings is 2. The number of carbonyl (C=O) groups excluding carboxylic acids is 1. The number of hydrogen-bond donors (Lipinski definition) is 1. The molecule has 7 nitrogen and oxygen atoms in total. The van der Waals surface area contributed by atoms with Crippen molar-refractivity contribution in [3.8, 4) is 17.2 Å². The van der Waals surface area contributed by atoms with E-state index in [2.05, 4.69) is 21.3 Å². The van der Waals surface area contributed by atoms with Crippen molar-refractivity contribution in [1.29, 1.82) is 0 Å². The second-order valence-electron chi connectivity index (χ2n) is 6.82. The molecule has 0 saturated carbocycles. The Hall–Kier alpha value is -3.00. The fraction of sp³-hybridized carbons (Fsp3) is 0.333. The molecule has 1 aromatic heterocycles. The molecule has 2 aromatic carbocycles. The predicted octanol–water partition coefficient (Wildman–Crippen LogP) is 3.07. The maximum absolute atomic E-state index is 12.5. The van der Waals surface area contributed by atoms with Crippen LogP contribution in [0.25, 0.3) is 10.2 Å². The Kier molecular flexibility index (Phi) is 5.44. The first kappa shape index (κ1) is 19.3. The molecule has 0 bridgehead atoms. The summed E-state index contributed by atoms with van der Waals surface area (Å²) < 4.78 is 17.2. The Bertz CT molecular complexity index is 972. The molecule has 1 amide bonds. The normalized spacial score (nSPS) is 13.8. The number of rotatable bonds is 7. The van der Waals surface area contributed by atoms with Crippen molar-refractivity contribution in [3.05, 3.63) is 42.0 Å². The van der Waals surface area contributed by atoms with Crippen molar-refractivity contribution in [3.63, 3.8) is 0 Å². The number of ether oxygens (including phenoxy) is 3. The van der Waals surface area contributed by atoms with Crippen LogP contribution in [0.3, 0.4) is 0 Å². The van der Waals surface area contributed by atoms with Crippen LogP contribution in [0.5, 0.6) is 17.2 Å². The van der Waals surface area contributed by atoms with Crippen LogP contribution < -0.4 is 24.4 Å². The topological polar surface area (TPSA) is 72.9 Å². The molecule has 0 spiro atoms. The smallest absolute Gasteiger partial charge is 0.226 e. The van der Waals surface area contributed by atoms with Gasteiger partial charge < -0.3 is 24.4 Å². The average Bonchev–Trinajstić information content (AvgIpc) is 3.13. The van der Waals surface area contributed by atoms with Crippen LogP contribution in [0.4, 0.5) is 5.13 Å². The van der Waals surface area contributed by atoms with Gasteiger partial charge in [-0.05, 0) is 29.8 Å². The van der Waals surface area contributed by atoms with Gasteiger partial charge in [0.05, 0.1) is 37.5 Å². The molecule has 1 N–H and O–H groups in total. The molecule has 1 fully saturated rings. The number of nitrogens with one attached hydrogen (secondary N) is 1. The van der Waals surface area contributed by atoms with E-state index in [0.717, 1.165) is 20.9 Å². The third-order valence-corrected chi connectivity index (χ3v) is 6.09. The number of methoxy groups -OCH3 is 3. The first-order valence-electron chi connectivity index (χ1n) is 9.30. The van der Waals surface area contributed by atoms with Gasteiger partial charge in [0.15, 0.2) is 16.6 Å². The van der Waals surface area contributed by atoms with Gasteiger partial charge in [-0.2, -0.15) is 0 Å². The van der Waals surface area contributed by atoms with E-state index in [0.29, 0.717) is 36.9 Å². The summed E-state index contributed by atoms with van der Waals surface area (Å²) in [6.07, 6.45) is 0. The fourth-order valence-corrected chi connectivity index (χ4v) is 4.35. The fourth-order valence-electron chi connectivity index (χ4n) is 3.37. The highest BCUT2D eigenvalue weighted by Crippen LogP contribution is 2.38. The number of fused-ring (bicyclic) bond motifs is 1. The summed E-state index contributed by atoms with van der Waals surface area (Å²) >= 11 is 1.66. The predicted molar refractivity (Wildman–Crippen MR) is 113 cm³/mol. The van der Waals surface area contributed by atoms with Gasteiger partial charge in [0.25, 0.3) is 0 Å². The van der Waals surface area contributed by atoms with E-state index >= 15 is 0 Å². The largest absolute Gasteiger partial charge is 0.493 e. The zero-order valence-corrected chi connectivity index (χ0v) is 17.4. The van der Waals surface area contributed by atoms with Gasteiger partial charge in [0, 0.05) is 19.6 Å². The average molecular weight is 413 g/mol. The molecule has 1 aliphatic heterocycles. The minimum Gasteiger partial charge on any atom is -0.493 e. The number of thiazole rings is 1. The van der Waals surface area contributed by atoms with Crippen LogP contribution in [0.1, 0.15) is 5.56 Å². The SMILES string of the molecule is COc1cc(CNC(=O)C2CN(c3nc4ccccc4s3)C2)cc(OC)c1OC. The summed E-state index contributed by atoms with van der Waals surface area (Å²) in [5.41, 5.74) is 1.89. The first-order chi connectivity index (χ1) is 14.1. The molecular formula is C21H23N3O4S. The summed E-state index contributed by atoms with van der Waals surface area (Å²) in [7, 11) is 4.71. The highest BCUT2D eigenvalue weighted by Gasteiger charge is 2.34. The van der Waals surface area contributed by atoms with Crippen molar-refractivity contribution in [2.45, 2.75) is 6.54 Å². The van der Waals surface area contributed by atoms with Gasteiger partial charge in [-0.15, -0.1) is 0 Å². The molecule has 4 rings (SSSR count). The summed E-state index contributed by atoms with van der Waals surface area (Å²) in [6.45, 7) is 1.76. The molecule has 0 unspecified atom stereocenters. The highest BCUT2D eigenvalue weighted by molar-refractivity contribution is 7.22. The Labute approximate surface area is 173 Å². The first-order valence-corrected chi connectivity index (χ1v) is 10.1. The van der Waals surface area contributed by atoms with Crippen LogP contribution >= 0.6 is 11.3 Å². The van der Waals surface area contributed by atoms with Crippen LogP contribution in [0, 0.1) is 5.92 Å². The van der Waals surface area contributed by atoms with E-state index in [1.807, 2.05) is 30.3 Å². The molecule has 8 heteroatoms. The van der Waals surface area contributed by atoms with E-state index in [4.69, 9.17) is 14.2 Å². The zero-order valence-electron chi connectivity index (χ0n) is 16.6. The third-order valence-electron chi connectivity index (χ3n) is 5.00. The van der Waals surface area contributed by atoms with Gasteiger partial charge in [-0.25, -0.2) is 4.98 Å². The number of nitrogens with zero attached hydrogens (tertiary/aromatic N) is 2. The minimum atomic E-state index is -0.0379. The van der Waals surface area contributed by atoms with Crippen molar-refractivity contribution < 1.29 is 19.0 Å². The van der Waals surface area contributed by atoms with E-state index in [-0.39, 0.29) is 11.8 Å². The number of carbonyl (C=O) groups is 1. The minimum absolute atomic E-state index is 0.0379. The lowest BCUT2D eigenvalue weighted by atomic mass is 10.00. The molecule has 29 heavy (non-hydrogen) atoms. The van der Waals surface area contributed by atoms with Crippen molar-refractivity contribution >= 4 is 32.6 Å². The Balaban J connectivity index is 1.35. The summed E-state index contributed by atoms with van der Waals surface area (Å²) in [5.74, 6) is 1.68. The molecule has 0 atom stereocenters. The van der Waals surface area contributed by atoms with E-state index < -0.39 is 0 Å². The standard InChI is InChI=1S/C21H23N3O4S/c1-26-16-8-13(9-17(27-2)19(16)28-3)10-22-20(25)14-11-24(12-14)21-23-15-6-4-5-7-18(15)29-21/h4-9,14H,10-12H2,1-3H3,(H,22,25). The second-order valence-corrected chi connectivity index (χ2v) is 7.83. The third kappa shape index (κ3) is 3.80. The number of aromatic nitrogens is 1. The van der Waals surface area contributed by atoms with Crippen molar-refractivity contribution in [2.75, 3.05) is 39.3 Å². The van der Waals surface area contributed by atoms with Crippen molar-refractivity contribution in [2.24, 2.45) is 5.92 Å². The number of amides is 1. The van der Waals surface area contributed by atoms with Crippen LogP contribution in [0.15, 0.2) is 36.4 Å². The Morgan fingerprint density at radius 3 is 2.45 bits per heavy atom. The lowest BCUT2D eigenvalue weighted by Crippen LogP contribution is -2.53. The molecule has 152 valence electrons. The number of hydrogen-bond acceptors (Lipinski definition) is 7. The maximum atomic E-state index is 12.5. The Morgan fingerprint density at radius 1 is 1.14 bits per heavy atom. The van der Waals surface area contributed by atoms with Gasteiger partial charge in [-0.1, -0.05) is 23.5 Å². The molecule has 1 saturated heterocycles. The van der Waals surface area contributed by atoms with Gasteiger partial charge in [0.1, 0.15) is 0 Å². The monoisotopic (exact) mass is 413 g/mol. The zero-order chi connectivity index (χ0) is 20.4. The number of para-hydroxylation sites is 1. The molecule has 3 aromatic rings. The van der Waals surface area contributed by atoms with Gasteiger partial charge in [0.2, 0.25) is 11.7 Å². The molecular weight excluding hydrogens is 390 g/mol. The molecule has 1 aliphatic rings. The lowest BCUT2D eigenvalue weighted by Gasteiger charge is -2.38. The maximum Gasteiger partial charge on any atom is 0.226 e. The van der Waals surface area contributed by atoms with Crippen LogP contribution in [-0.2, 0) is 11.3 Å². The Morgan fingerprint density at radius 2 is 1.83 bits per heavy atom. The highest BCUT2D eigenvalue weighted by atomic mass is 32.1. The second kappa shape index (κ2) is 8.16. The van der Waals surface area contributed by atoms with Crippen LogP contribution in [0.2, 0.25) is 0 Å². The summed E-state index contributed by atoms with van der Waals surface area (Å²) in [4.78, 5) is 19.3. The van der Waals surface area contributed by atoms with E-state index in [1.54, 1.807) is 32.7 Å². The quantitative estimate of drug-likeness (QED) is 0.642. The molecule has 2 heterocycles. The van der Waals surface area contributed by atoms with Crippen LogP contribution in [-0.4, -0.2) is 45.3 Å². The van der Waals surface area contributed by atoms with Gasteiger partial charge >= 0.3 is 0 Å². The van der Waals surface area contributed by atoms with E-state index in [9.17, 15) is 4.79 Å². The van der Waals surface area contributed by atoms with Gasteiger partial charge in [-0.3, -0.25) is 4.79 Å². The van der Waals surface area contributed by atoms with Crippen molar-refractivity contribution in [1.82, 2.24) is 10.3 Å². The summed E-state index contributed by atoms with van der Waals surface area (Å²) in [5, 5.41) is 3.98.